The minimum Gasteiger partial charge on any atom is -0.370 e. The summed E-state index contributed by atoms with van der Waals surface area (Å²) in [6.45, 7) is 7.56. The summed E-state index contributed by atoms with van der Waals surface area (Å²) in [7, 11) is 0. The normalized spacial score (nSPS) is 18.1. The Balaban J connectivity index is 1.49. The monoisotopic (exact) mass is 261 g/mol. The molecule has 0 aliphatic carbocycles. The van der Waals surface area contributed by atoms with Gasteiger partial charge in [-0.05, 0) is 13.8 Å². The summed E-state index contributed by atoms with van der Waals surface area (Å²) in [5.74, 6) is 2.52. The van der Waals surface area contributed by atoms with Gasteiger partial charge in [0.1, 0.15) is 11.6 Å². The van der Waals surface area contributed by atoms with E-state index in [0.717, 1.165) is 49.1 Å². The molecule has 102 valence electrons. The van der Waals surface area contributed by atoms with Crippen LogP contribution in [0.4, 0.5) is 5.82 Å². The fourth-order valence-corrected chi connectivity index (χ4v) is 2.43. The van der Waals surface area contributed by atoms with E-state index in [1.165, 1.54) is 0 Å². The lowest BCUT2D eigenvalue weighted by Gasteiger charge is -2.24. The summed E-state index contributed by atoms with van der Waals surface area (Å²) in [6, 6.07) is 4.04. The molecule has 0 bridgehead atoms. The third-order valence-corrected chi connectivity index (χ3v) is 3.32. The first-order valence-corrected chi connectivity index (χ1v) is 6.62. The van der Waals surface area contributed by atoms with E-state index in [9.17, 15) is 0 Å². The molecular formula is C13H19N5O. The first-order chi connectivity index (χ1) is 9.20. The van der Waals surface area contributed by atoms with Crippen LogP contribution in [-0.2, 0) is 13.1 Å². The Morgan fingerprint density at radius 3 is 3.16 bits per heavy atom. The van der Waals surface area contributed by atoms with Crippen LogP contribution in [0.2, 0.25) is 0 Å². The van der Waals surface area contributed by atoms with Gasteiger partial charge in [-0.1, -0.05) is 5.16 Å². The molecule has 19 heavy (non-hydrogen) atoms. The van der Waals surface area contributed by atoms with E-state index in [-0.39, 0.29) is 0 Å². The van der Waals surface area contributed by atoms with Crippen LogP contribution in [0.3, 0.4) is 0 Å². The minimum atomic E-state index is 0.541. The molecule has 0 radical (unpaired) electrons. The van der Waals surface area contributed by atoms with Crippen molar-refractivity contribution in [2.24, 2.45) is 5.92 Å². The number of aromatic nitrogens is 3. The summed E-state index contributed by atoms with van der Waals surface area (Å²) >= 11 is 0. The van der Waals surface area contributed by atoms with Crippen molar-refractivity contribution in [1.29, 1.82) is 0 Å². The topological polar surface area (TPSA) is 67.9 Å². The number of hydrogen-bond acceptors (Lipinski definition) is 5. The van der Waals surface area contributed by atoms with E-state index in [1.54, 1.807) is 0 Å². The second kappa shape index (κ2) is 5.05. The Morgan fingerprint density at radius 2 is 2.37 bits per heavy atom. The molecule has 1 atom stereocenters. The zero-order valence-electron chi connectivity index (χ0n) is 11.3. The van der Waals surface area contributed by atoms with Gasteiger partial charge in [0, 0.05) is 44.2 Å². The van der Waals surface area contributed by atoms with Gasteiger partial charge in [0.05, 0.1) is 11.4 Å². The molecule has 2 aromatic rings. The quantitative estimate of drug-likeness (QED) is 0.868. The van der Waals surface area contributed by atoms with Crippen LogP contribution in [0.5, 0.6) is 0 Å². The average Bonchev–Trinajstić information content (AvgIpc) is 2.94. The maximum absolute atomic E-state index is 5.04. The number of anilines is 1. The molecule has 0 saturated heterocycles. The summed E-state index contributed by atoms with van der Waals surface area (Å²) in [5, 5.41) is 15.3. The molecule has 2 aromatic heterocycles. The van der Waals surface area contributed by atoms with Crippen molar-refractivity contribution in [2.75, 3.05) is 18.4 Å². The maximum Gasteiger partial charge on any atom is 0.133 e. The van der Waals surface area contributed by atoms with Gasteiger partial charge in [-0.2, -0.15) is 5.10 Å². The molecule has 0 aromatic carbocycles. The third kappa shape index (κ3) is 2.78. The largest absolute Gasteiger partial charge is 0.370 e. The van der Waals surface area contributed by atoms with Crippen molar-refractivity contribution in [3.8, 4) is 0 Å². The average molecular weight is 261 g/mol. The number of fused-ring (bicyclic) bond motifs is 1. The van der Waals surface area contributed by atoms with E-state index in [4.69, 9.17) is 4.52 Å². The summed E-state index contributed by atoms with van der Waals surface area (Å²) in [4.78, 5) is 0. The zero-order chi connectivity index (χ0) is 13.2. The molecular weight excluding hydrogens is 242 g/mol. The first kappa shape index (κ1) is 12.2. The van der Waals surface area contributed by atoms with Crippen molar-refractivity contribution in [1.82, 2.24) is 20.3 Å². The third-order valence-electron chi connectivity index (χ3n) is 3.32. The zero-order valence-corrected chi connectivity index (χ0v) is 11.3. The van der Waals surface area contributed by atoms with Crippen LogP contribution >= 0.6 is 0 Å². The van der Waals surface area contributed by atoms with Gasteiger partial charge in [-0.25, -0.2) is 4.68 Å². The maximum atomic E-state index is 5.04. The molecule has 1 aliphatic heterocycles. The van der Waals surface area contributed by atoms with Gasteiger partial charge in [-0.15, -0.1) is 0 Å². The van der Waals surface area contributed by atoms with Crippen molar-refractivity contribution >= 4 is 5.82 Å². The second-order valence-electron chi connectivity index (χ2n) is 5.16. The van der Waals surface area contributed by atoms with Gasteiger partial charge < -0.3 is 15.2 Å². The highest BCUT2D eigenvalue weighted by Crippen LogP contribution is 2.17. The molecule has 6 heteroatoms. The SMILES string of the molecule is Cc1cc2n(n1)C[C@H](CNCc1cc(C)on1)CN2. The van der Waals surface area contributed by atoms with Crippen LogP contribution < -0.4 is 10.6 Å². The summed E-state index contributed by atoms with van der Waals surface area (Å²) in [5.41, 5.74) is 2.02. The van der Waals surface area contributed by atoms with Gasteiger partial charge in [0.15, 0.2) is 0 Å². The fourth-order valence-electron chi connectivity index (χ4n) is 2.43. The molecule has 0 spiro atoms. The van der Waals surface area contributed by atoms with Crippen LogP contribution in [0.15, 0.2) is 16.7 Å². The number of rotatable bonds is 4. The highest BCUT2D eigenvalue weighted by atomic mass is 16.5. The van der Waals surface area contributed by atoms with E-state index in [0.29, 0.717) is 5.92 Å². The lowest BCUT2D eigenvalue weighted by Crippen LogP contribution is -2.35. The van der Waals surface area contributed by atoms with Crippen molar-refractivity contribution < 1.29 is 4.52 Å². The molecule has 1 aliphatic rings. The Kier molecular flexibility index (Phi) is 3.25. The van der Waals surface area contributed by atoms with Gasteiger partial charge in [0.2, 0.25) is 0 Å². The lowest BCUT2D eigenvalue weighted by molar-refractivity contribution is 0.374. The van der Waals surface area contributed by atoms with Gasteiger partial charge in [-0.3, -0.25) is 0 Å². The van der Waals surface area contributed by atoms with Crippen molar-refractivity contribution in [2.45, 2.75) is 26.9 Å². The highest BCUT2D eigenvalue weighted by Gasteiger charge is 2.18. The smallest absolute Gasteiger partial charge is 0.133 e. The van der Waals surface area contributed by atoms with Crippen LogP contribution in [0.1, 0.15) is 17.1 Å². The highest BCUT2D eigenvalue weighted by molar-refractivity contribution is 5.38. The molecule has 3 rings (SSSR count). The number of aryl methyl sites for hydroxylation is 2. The van der Waals surface area contributed by atoms with E-state index in [1.807, 2.05) is 24.6 Å². The molecule has 0 fully saturated rings. The Bertz CT molecular complexity index is 559. The lowest BCUT2D eigenvalue weighted by atomic mass is 10.1. The van der Waals surface area contributed by atoms with Crippen LogP contribution in [-0.4, -0.2) is 28.0 Å². The Hall–Kier alpha value is -1.82. The Morgan fingerprint density at radius 1 is 1.47 bits per heavy atom. The molecule has 0 amide bonds. The molecule has 6 nitrogen and oxygen atoms in total. The summed E-state index contributed by atoms with van der Waals surface area (Å²) < 4.78 is 7.09. The van der Waals surface area contributed by atoms with Crippen LogP contribution in [0, 0.1) is 19.8 Å². The van der Waals surface area contributed by atoms with Gasteiger partial charge in [0.25, 0.3) is 0 Å². The predicted molar refractivity (Wildman–Crippen MR) is 71.9 cm³/mol. The van der Waals surface area contributed by atoms with E-state index >= 15 is 0 Å². The van der Waals surface area contributed by atoms with Crippen LogP contribution in [0.25, 0.3) is 0 Å². The van der Waals surface area contributed by atoms with E-state index in [2.05, 4.69) is 27.0 Å². The molecule has 0 saturated carbocycles. The van der Waals surface area contributed by atoms with E-state index < -0.39 is 0 Å². The number of hydrogen-bond donors (Lipinski definition) is 2. The summed E-state index contributed by atoms with van der Waals surface area (Å²) in [6.07, 6.45) is 0. The van der Waals surface area contributed by atoms with Crippen molar-refractivity contribution in [3.63, 3.8) is 0 Å². The van der Waals surface area contributed by atoms with Crippen molar-refractivity contribution in [3.05, 3.63) is 29.3 Å². The fraction of sp³-hybridized carbons (Fsp3) is 0.538. The molecule has 2 N–H and O–H groups in total. The first-order valence-electron chi connectivity index (χ1n) is 6.62. The Labute approximate surface area is 112 Å². The second-order valence-corrected chi connectivity index (χ2v) is 5.16. The number of nitrogens with zero attached hydrogens (tertiary/aromatic N) is 3. The number of nitrogens with one attached hydrogen (secondary N) is 2. The van der Waals surface area contributed by atoms with Gasteiger partial charge >= 0.3 is 0 Å². The molecule has 0 unspecified atom stereocenters. The minimum absolute atomic E-state index is 0.541. The predicted octanol–water partition coefficient (Wildman–Crippen LogP) is 1.32. The molecule has 3 heterocycles. The standard InChI is InChI=1S/C13H19N5O/c1-9-3-13-15-6-11(8-18(13)16-9)5-14-7-12-4-10(2)19-17-12/h3-4,11,14-15H,5-8H2,1-2H3/t11-/m1/s1.